The molecule has 1 aromatic rings. The van der Waals surface area contributed by atoms with Gasteiger partial charge < -0.3 is 10.2 Å². The van der Waals surface area contributed by atoms with E-state index in [1.807, 2.05) is 6.07 Å². The second-order valence-electron chi connectivity index (χ2n) is 5.96. The van der Waals surface area contributed by atoms with Gasteiger partial charge in [0.2, 0.25) is 0 Å². The molecule has 0 aliphatic rings. The second-order valence-corrected chi connectivity index (χ2v) is 7.61. The zero-order chi connectivity index (χ0) is 16.4. The number of rotatable bonds is 11. The highest BCUT2D eigenvalue weighted by Crippen LogP contribution is 2.41. The fourth-order valence-corrected chi connectivity index (χ4v) is 3.85. The number of halogens is 2. The maximum Gasteiger partial charge on any atom is 0.147 e. The molecule has 22 heavy (non-hydrogen) atoms. The molecule has 0 saturated heterocycles. The highest BCUT2D eigenvalue weighted by Gasteiger charge is 2.13. The van der Waals surface area contributed by atoms with Crippen LogP contribution in [0.1, 0.15) is 76.7 Å². The van der Waals surface area contributed by atoms with Crippen LogP contribution in [0.3, 0.4) is 0 Å². The maximum absolute atomic E-state index is 10.0. The molecule has 2 nitrogen and oxygen atoms in total. The van der Waals surface area contributed by atoms with Crippen LogP contribution in [0.2, 0.25) is 0 Å². The Morgan fingerprint density at radius 1 is 0.773 bits per heavy atom. The van der Waals surface area contributed by atoms with Crippen molar-refractivity contribution in [2.45, 2.75) is 77.6 Å². The Hall–Kier alpha value is -0.220. The first kappa shape index (κ1) is 19.8. The first-order valence-electron chi connectivity index (χ1n) is 8.46. The predicted molar refractivity (Wildman–Crippen MR) is 101 cm³/mol. The van der Waals surface area contributed by atoms with E-state index in [2.05, 4.69) is 38.8 Å². The van der Waals surface area contributed by atoms with Gasteiger partial charge in [-0.15, -0.1) is 0 Å². The third-order valence-corrected chi connectivity index (χ3v) is 5.40. The molecule has 0 aromatic heterocycles. The number of phenols is 2. The molecule has 126 valence electrons. The molecule has 1 rings (SSSR count). The van der Waals surface area contributed by atoms with Crippen molar-refractivity contribution in [2.24, 2.45) is 0 Å². The van der Waals surface area contributed by atoms with E-state index in [1.165, 1.54) is 57.8 Å². The lowest BCUT2D eigenvalue weighted by Crippen LogP contribution is -1.89. The second kappa shape index (κ2) is 11.3. The average Bonchev–Trinajstić information content (AvgIpc) is 2.51. The summed E-state index contributed by atoms with van der Waals surface area (Å²) < 4.78 is 1.00. The number of unbranched alkanes of at least 4 members (excludes halogenated alkanes) is 9. The molecule has 0 bridgehead atoms. The molecular weight excluding hydrogens is 408 g/mol. The zero-order valence-corrected chi connectivity index (χ0v) is 16.7. The summed E-state index contributed by atoms with van der Waals surface area (Å²) in [4.78, 5) is 0. The molecule has 0 atom stereocenters. The lowest BCUT2D eigenvalue weighted by molar-refractivity contribution is 0.436. The third-order valence-electron chi connectivity index (χ3n) is 4.05. The summed E-state index contributed by atoms with van der Waals surface area (Å²) in [5.41, 5.74) is 0.885. The number of benzene rings is 1. The van der Waals surface area contributed by atoms with Crippen molar-refractivity contribution in [3.05, 3.63) is 20.6 Å². The van der Waals surface area contributed by atoms with Crippen LogP contribution < -0.4 is 0 Å². The summed E-state index contributed by atoms with van der Waals surface area (Å²) in [6, 6.07) is 1.81. The van der Waals surface area contributed by atoms with Gasteiger partial charge >= 0.3 is 0 Å². The van der Waals surface area contributed by atoms with Gasteiger partial charge in [0.1, 0.15) is 16.0 Å². The smallest absolute Gasteiger partial charge is 0.147 e. The monoisotopic (exact) mass is 434 g/mol. The molecule has 2 N–H and O–H groups in total. The van der Waals surface area contributed by atoms with Gasteiger partial charge in [0.25, 0.3) is 0 Å². The van der Waals surface area contributed by atoms with Crippen molar-refractivity contribution in [1.82, 2.24) is 0 Å². The van der Waals surface area contributed by atoms with Crippen LogP contribution in [0.5, 0.6) is 11.5 Å². The van der Waals surface area contributed by atoms with Crippen molar-refractivity contribution in [3.63, 3.8) is 0 Å². The molecule has 1 aromatic carbocycles. The van der Waals surface area contributed by atoms with Gasteiger partial charge in [-0.05, 0) is 56.3 Å². The standard InChI is InChI=1S/C18H28Br2O2/c1-2-3-4-5-6-7-8-9-10-11-12-14-13-15(19)18(22)16(20)17(14)21/h13,21-22H,2-12H2,1H3. The largest absolute Gasteiger partial charge is 0.506 e. The lowest BCUT2D eigenvalue weighted by Gasteiger charge is -2.09. The Kier molecular flexibility index (Phi) is 10.2. The fourth-order valence-electron chi connectivity index (χ4n) is 2.64. The highest BCUT2D eigenvalue weighted by molar-refractivity contribution is 9.11. The Morgan fingerprint density at radius 3 is 1.82 bits per heavy atom. The first-order valence-corrected chi connectivity index (χ1v) is 10.0. The predicted octanol–water partition coefficient (Wildman–Crippen LogP) is 7.09. The van der Waals surface area contributed by atoms with Gasteiger partial charge in [-0.1, -0.05) is 64.7 Å². The van der Waals surface area contributed by atoms with Crippen LogP contribution in [0.25, 0.3) is 0 Å². The van der Waals surface area contributed by atoms with Gasteiger partial charge in [-0.25, -0.2) is 0 Å². The van der Waals surface area contributed by atoms with E-state index in [0.717, 1.165) is 18.4 Å². The molecule has 0 spiro atoms. The van der Waals surface area contributed by atoms with E-state index in [1.54, 1.807) is 0 Å². The van der Waals surface area contributed by atoms with Crippen LogP contribution in [-0.4, -0.2) is 10.2 Å². The zero-order valence-electron chi connectivity index (χ0n) is 13.5. The molecule has 4 heteroatoms. The highest BCUT2D eigenvalue weighted by atomic mass is 79.9. The van der Waals surface area contributed by atoms with Crippen LogP contribution in [0, 0.1) is 0 Å². The molecule has 0 unspecified atom stereocenters. The van der Waals surface area contributed by atoms with Crippen molar-refractivity contribution in [3.8, 4) is 11.5 Å². The van der Waals surface area contributed by atoms with E-state index in [4.69, 9.17) is 0 Å². The Balaban J connectivity index is 2.15. The Labute approximate surface area is 151 Å². The van der Waals surface area contributed by atoms with Crippen molar-refractivity contribution in [2.75, 3.05) is 0 Å². The van der Waals surface area contributed by atoms with Crippen LogP contribution in [-0.2, 0) is 6.42 Å². The van der Waals surface area contributed by atoms with Crippen LogP contribution in [0.15, 0.2) is 15.0 Å². The molecule has 0 heterocycles. The third kappa shape index (κ3) is 6.91. The summed E-state index contributed by atoms with van der Waals surface area (Å²) in [6.07, 6.45) is 13.9. The summed E-state index contributed by atoms with van der Waals surface area (Å²) in [5, 5.41) is 19.7. The molecule has 0 fully saturated rings. The number of hydrogen-bond acceptors (Lipinski definition) is 2. The van der Waals surface area contributed by atoms with Crippen LogP contribution in [0.4, 0.5) is 0 Å². The normalized spacial score (nSPS) is 11.0. The molecule has 0 amide bonds. The van der Waals surface area contributed by atoms with E-state index in [0.29, 0.717) is 8.95 Å². The molecule has 0 aliphatic heterocycles. The average molecular weight is 436 g/mol. The summed E-state index contributed by atoms with van der Waals surface area (Å²) in [5.74, 6) is 0.223. The van der Waals surface area contributed by atoms with Crippen molar-refractivity contribution >= 4 is 31.9 Å². The van der Waals surface area contributed by atoms with E-state index >= 15 is 0 Å². The maximum atomic E-state index is 10.0. The number of aryl methyl sites for hydroxylation is 1. The number of aromatic hydroxyl groups is 2. The van der Waals surface area contributed by atoms with Gasteiger partial charge in [-0.3, -0.25) is 0 Å². The molecule has 0 radical (unpaired) electrons. The topological polar surface area (TPSA) is 40.5 Å². The van der Waals surface area contributed by atoms with E-state index < -0.39 is 0 Å². The van der Waals surface area contributed by atoms with Gasteiger partial charge in [0, 0.05) is 0 Å². The number of phenolic OH excluding ortho intramolecular Hbond substituents is 2. The minimum atomic E-state index is 0.0596. The summed E-state index contributed by atoms with van der Waals surface area (Å²) >= 11 is 6.53. The minimum Gasteiger partial charge on any atom is -0.506 e. The van der Waals surface area contributed by atoms with E-state index in [9.17, 15) is 10.2 Å². The van der Waals surface area contributed by atoms with Crippen molar-refractivity contribution in [1.29, 1.82) is 0 Å². The molecule has 0 saturated carbocycles. The Morgan fingerprint density at radius 2 is 1.27 bits per heavy atom. The molecular formula is C18H28Br2O2. The Bertz CT molecular complexity index is 447. The van der Waals surface area contributed by atoms with Gasteiger partial charge in [0.15, 0.2) is 0 Å². The lowest BCUT2D eigenvalue weighted by atomic mass is 10.0. The van der Waals surface area contributed by atoms with Gasteiger partial charge in [-0.2, -0.15) is 0 Å². The first-order chi connectivity index (χ1) is 10.6. The summed E-state index contributed by atoms with van der Waals surface area (Å²) in [6.45, 7) is 2.25. The van der Waals surface area contributed by atoms with Crippen LogP contribution >= 0.6 is 31.9 Å². The number of hydrogen-bond donors (Lipinski definition) is 2. The van der Waals surface area contributed by atoms with E-state index in [-0.39, 0.29) is 11.5 Å². The fraction of sp³-hybridized carbons (Fsp3) is 0.667. The van der Waals surface area contributed by atoms with Gasteiger partial charge in [0.05, 0.1) is 4.47 Å². The summed E-state index contributed by atoms with van der Waals surface area (Å²) in [7, 11) is 0. The minimum absolute atomic E-state index is 0.0596. The quantitative estimate of drug-likeness (QED) is 0.364. The molecule has 0 aliphatic carbocycles. The van der Waals surface area contributed by atoms with Crippen molar-refractivity contribution < 1.29 is 10.2 Å². The SMILES string of the molecule is CCCCCCCCCCCCc1cc(Br)c(O)c(Br)c1O.